The summed E-state index contributed by atoms with van der Waals surface area (Å²) in [7, 11) is 0. The van der Waals surface area contributed by atoms with Gasteiger partial charge in [-0.2, -0.15) is 0 Å². The second kappa shape index (κ2) is 15.0. The van der Waals surface area contributed by atoms with Crippen molar-refractivity contribution in [2.24, 2.45) is 10.7 Å². The maximum atomic E-state index is 11.8. The monoisotopic (exact) mass is 464 g/mol. The molecule has 144 valence electrons. The number of nitrogens with zero attached hydrogens (tertiary/aromatic N) is 1. The Morgan fingerprint density at radius 1 is 1.12 bits per heavy atom. The third-order valence-corrected chi connectivity index (χ3v) is 3.81. The number of unbranched alkanes of at least 4 members (excludes halogenated alkanes) is 5. The van der Waals surface area contributed by atoms with E-state index in [-0.39, 0.29) is 29.9 Å². The zero-order valence-electron chi connectivity index (χ0n) is 15.5. The van der Waals surface area contributed by atoms with Gasteiger partial charge in [0.05, 0.1) is 6.26 Å². The number of nitrogens with one attached hydrogen (secondary N) is 2. The molecule has 0 spiro atoms. The lowest BCUT2D eigenvalue weighted by atomic mass is 10.1. The molecular formula is C18H33IN4O2. The molecule has 0 unspecified atom stereocenters. The average molecular weight is 464 g/mol. The van der Waals surface area contributed by atoms with E-state index in [9.17, 15) is 4.79 Å². The van der Waals surface area contributed by atoms with Crippen LogP contribution in [0.25, 0.3) is 0 Å². The number of carbonyl (C=O) groups is 1. The number of rotatable bonds is 12. The highest BCUT2D eigenvalue weighted by atomic mass is 127. The van der Waals surface area contributed by atoms with E-state index in [0.29, 0.717) is 24.8 Å². The van der Waals surface area contributed by atoms with Gasteiger partial charge in [-0.1, -0.05) is 39.0 Å². The number of aliphatic imine (C=N–C) groups is 1. The molecule has 0 aliphatic carbocycles. The number of halogens is 1. The summed E-state index contributed by atoms with van der Waals surface area (Å²) < 4.78 is 5.14. The molecule has 1 rings (SSSR count). The molecule has 0 saturated carbocycles. The Hall–Kier alpha value is -1.25. The van der Waals surface area contributed by atoms with Crippen LogP contribution in [0.1, 0.15) is 68.0 Å². The smallest absolute Gasteiger partial charge is 0.287 e. The SMILES string of the molecule is CCCCCCCCNC(N)=NCCCNC(=O)c1occc1C.I. The summed E-state index contributed by atoms with van der Waals surface area (Å²) in [6.45, 7) is 6.08. The van der Waals surface area contributed by atoms with E-state index < -0.39 is 0 Å². The van der Waals surface area contributed by atoms with Crippen LogP contribution in [0.2, 0.25) is 0 Å². The number of furan rings is 1. The fourth-order valence-electron chi connectivity index (χ4n) is 2.34. The summed E-state index contributed by atoms with van der Waals surface area (Å²) in [5.41, 5.74) is 6.65. The van der Waals surface area contributed by atoms with E-state index in [1.54, 1.807) is 6.07 Å². The minimum atomic E-state index is -0.185. The topological polar surface area (TPSA) is 92.6 Å². The maximum Gasteiger partial charge on any atom is 0.287 e. The third kappa shape index (κ3) is 11.1. The fourth-order valence-corrected chi connectivity index (χ4v) is 2.34. The number of carbonyl (C=O) groups excluding carboxylic acids is 1. The summed E-state index contributed by atoms with van der Waals surface area (Å²) >= 11 is 0. The van der Waals surface area contributed by atoms with Crippen LogP contribution >= 0.6 is 24.0 Å². The van der Waals surface area contributed by atoms with Gasteiger partial charge in [0.2, 0.25) is 0 Å². The normalized spacial score (nSPS) is 11.0. The molecule has 1 amide bonds. The first kappa shape index (κ1) is 23.8. The molecule has 1 heterocycles. The first-order valence-corrected chi connectivity index (χ1v) is 9.01. The van der Waals surface area contributed by atoms with Crippen molar-refractivity contribution in [3.63, 3.8) is 0 Å². The Morgan fingerprint density at radius 2 is 1.80 bits per heavy atom. The summed E-state index contributed by atoms with van der Waals surface area (Å²) in [6.07, 6.45) is 9.84. The van der Waals surface area contributed by atoms with E-state index in [4.69, 9.17) is 10.2 Å². The maximum absolute atomic E-state index is 11.8. The molecule has 0 atom stereocenters. The van der Waals surface area contributed by atoms with Gasteiger partial charge in [-0.25, -0.2) is 0 Å². The quantitative estimate of drug-likeness (QED) is 0.191. The molecular weight excluding hydrogens is 431 g/mol. The Morgan fingerprint density at radius 3 is 2.48 bits per heavy atom. The summed E-state index contributed by atoms with van der Waals surface area (Å²) in [5, 5.41) is 5.94. The Balaban J connectivity index is 0.00000576. The van der Waals surface area contributed by atoms with Crippen LogP contribution in [0.3, 0.4) is 0 Å². The largest absolute Gasteiger partial charge is 0.459 e. The van der Waals surface area contributed by atoms with Gasteiger partial charge in [-0.3, -0.25) is 9.79 Å². The number of amides is 1. The number of hydrogen-bond acceptors (Lipinski definition) is 3. The van der Waals surface area contributed by atoms with E-state index in [0.717, 1.165) is 24.9 Å². The van der Waals surface area contributed by atoms with Crippen molar-refractivity contribution in [2.45, 2.75) is 58.8 Å². The van der Waals surface area contributed by atoms with E-state index in [1.165, 1.54) is 38.4 Å². The molecule has 4 N–H and O–H groups in total. The number of guanidine groups is 1. The van der Waals surface area contributed by atoms with E-state index in [1.807, 2.05) is 6.92 Å². The van der Waals surface area contributed by atoms with Crippen LogP contribution in [0, 0.1) is 6.92 Å². The number of nitrogens with two attached hydrogens (primary N) is 1. The van der Waals surface area contributed by atoms with Crippen LogP contribution in [-0.2, 0) is 0 Å². The van der Waals surface area contributed by atoms with E-state index >= 15 is 0 Å². The lowest BCUT2D eigenvalue weighted by Crippen LogP contribution is -2.32. The summed E-state index contributed by atoms with van der Waals surface area (Å²) in [5.74, 6) is 0.672. The van der Waals surface area contributed by atoms with E-state index in [2.05, 4.69) is 22.5 Å². The molecule has 1 aromatic rings. The van der Waals surface area contributed by atoms with Crippen molar-refractivity contribution < 1.29 is 9.21 Å². The minimum absolute atomic E-state index is 0. The zero-order valence-corrected chi connectivity index (χ0v) is 17.8. The van der Waals surface area contributed by atoms with Crippen molar-refractivity contribution in [3.8, 4) is 0 Å². The predicted molar refractivity (Wildman–Crippen MR) is 114 cm³/mol. The second-order valence-corrected chi connectivity index (χ2v) is 6.00. The summed E-state index contributed by atoms with van der Waals surface area (Å²) in [4.78, 5) is 16.1. The minimum Gasteiger partial charge on any atom is -0.459 e. The van der Waals surface area contributed by atoms with Gasteiger partial charge in [0.25, 0.3) is 5.91 Å². The van der Waals surface area contributed by atoms with Crippen LogP contribution in [0.5, 0.6) is 0 Å². The Labute approximate surface area is 168 Å². The molecule has 25 heavy (non-hydrogen) atoms. The molecule has 7 heteroatoms. The van der Waals surface area contributed by atoms with Gasteiger partial charge < -0.3 is 20.8 Å². The molecule has 1 aromatic heterocycles. The zero-order chi connectivity index (χ0) is 17.6. The van der Waals surface area contributed by atoms with Gasteiger partial charge in [0.1, 0.15) is 0 Å². The van der Waals surface area contributed by atoms with Crippen molar-refractivity contribution >= 4 is 35.8 Å². The van der Waals surface area contributed by atoms with Gasteiger partial charge in [-0.05, 0) is 25.8 Å². The van der Waals surface area contributed by atoms with Gasteiger partial charge in [0.15, 0.2) is 11.7 Å². The number of aryl methyl sites for hydroxylation is 1. The molecule has 0 saturated heterocycles. The lowest BCUT2D eigenvalue weighted by molar-refractivity contribution is 0.0925. The molecule has 0 radical (unpaired) electrons. The highest BCUT2D eigenvalue weighted by molar-refractivity contribution is 14.0. The highest BCUT2D eigenvalue weighted by Gasteiger charge is 2.11. The fraction of sp³-hybridized carbons (Fsp3) is 0.667. The summed E-state index contributed by atoms with van der Waals surface area (Å²) in [6, 6.07) is 1.77. The molecule has 0 aromatic carbocycles. The first-order valence-electron chi connectivity index (χ1n) is 9.01. The van der Waals surface area contributed by atoms with Crippen LogP contribution in [-0.4, -0.2) is 31.5 Å². The predicted octanol–water partition coefficient (Wildman–Crippen LogP) is 3.59. The molecule has 0 bridgehead atoms. The van der Waals surface area contributed by atoms with Gasteiger partial charge in [0, 0.05) is 25.2 Å². The van der Waals surface area contributed by atoms with Crippen LogP contribution in [0.15, 0.2) is 21.7 Å². The molecule has 0 aliphatic heterocycles. The van der Waals surface area contributed by atoms with Crippen molar-refractivity contribution in [3.05, 3.63) is 23.7 Å². The lowest BCUT2D eigenvalue weighted by Gasteiger charge is -2.06. The Bertz CT molecular complexity index is 503. The standard InChI is InChI=1S/C18H32N4O2.HI/c1-3-4-5-6-7-8-11-21-18(19)22-13-9-12-20-17(23)16-15(2)10-14-24-16;/h10,14H,3-9,11-13H2,1-2H3,(H,20,23)(H3,19,21,22);1H. The number of hydrogen-bond donors (Lipinski definition) is 3. The Kier molecular flexibility index (Phi) is 14.3. The van der Waals surface area contributed by atoms with Crippen molar-refractivity contribution in [1.82, 2.24) is 10.6 Å². The third-order valence-electron chi connectivity index (χ3n) is 3.81. The molecule has 6 nitrogen and oxygen atoms in total. The van der Waals surface area contributed by atoms with Crippen molar-refractivity contribution in [1.29, 1.82) is 0 Å². The van der Waals surface area contributed by atoms with Gasteiger partial charge >= 0.3 is 0 Å². The highest BCUT2D eigenvalue weighted by Crippen LogP contribution is 2.07. The first-order chi connectivity index (χ1) is 11.6. The second-order valence-electron chi connectivity index (χ2n) is 6.00. The van der Waals surface area contributed by atoms with Crippen molar-refractivity contribution in [2.75, 3.05) is 19.6 Å². The van der Waals surface area contributed by atoms with Crippen LogP contribution in [0.4, 0.5) is 0 Å². The molecule has 0 fully saturated rings. The average Bonchev–Trinajstić information content (AvgIpc) is 2.99. The van der Waals surface area contributed by atoms with Gasteiger partial charge in [-0.15, -0.1) is 24.0 Å². The van der Waals surface area contributed by atoms with Crippen LogP contribution < -0.4 is 16.4 Å². The molecule has 0 aliphatic rings.